The lowest BCUT2D eigenvalue weighted by atomic mass is 9.96. The van der Waals surface area contributed by atoms with Crippen molar-refractivity contribution in [3.05, 3.63) is 35.1 Å². The Hall–Kier alpha value is -1.21. The van der Waals surface area contributed by atoms with Crippen LogP contribution in [0.5, 0.6) is 0 Å². The van der Waals surface area contributed by atoms with Crippen LogP contribution in [0, 0.1) is 11.7 Å². The second-order valence-corrected chi connectivity index (χ2v) is 6.11. The van der Waals surface area contributed by atoms with Gasteiger partial charge < -0.3 is 20.1 Å². The van der Waals surface area contributed by atoms with Crippen LogP contribution >= 0.6 is 12.4 Å². The number of ether oxygens (including phenoxy) is 2. The van der Waals surface area contributed by atoms with Crippen molar-refractivity contribution in [1.29, 1.82) is 0 Å². The highest BCUT2D eigenvalue weighted by Gasteiger charge is 2.14. The molecular weight excluding hydrogens is 347 g/mol. The van der Waals surface area contributed by atoms with Crippen LogP contribution in [-0.2, 0) is 16.1 Å². The molecular formula is C18H28ClFN2O3. The Bertz CT molecular complexity index is 525. The van der Waals surface area contributed by atoms with E-state index in [1.165, 1.54) is 25.0 Å². The van der Waals surface area contributed by atoms with Crippen molar-refractivity contribution in [2.24, 2.45) is 5.92 Å². The second-order valence-electron chi connectivity index (χ2n) is 6.11. The van der Waals surface area contributed by atoms with Gasteiger partial charge in [0, 0.05) is 24.8 Å². The van der Waals surface area contributed by atoms with E-state index in [9.17, 15) is 9.18 Å². The number of benzene rings is 1. The third kappa shape index (κ3) is 7.69. The van der Waals surface area contributed by atoms with E-state index in [4.69, 9.17) is 9.47 Å². The molecule has 0 saturated carbocycles. The maximum absolute atomic E-state index is 13.8. The summed E-state index contributed by atoms with van der Waals surface area (Å²) in [5, 5.41) is 6.29. The van der Waals surface area contributed by atoms with Gasteiger partial charge in [0.05, 0.1) is 19.8 Å². The van der Waals surface area contributed by atoms with Gasteiger partial charge >= 0.3 is 0 Å². The van der Waals surface area contributed by atoms with Gasteiger partial charge in [0.1, 0.15) is 5.82 Å². The Morgan fingerprint density at radius 2 is 2.24 bits per heavy atom. The minimum absolute atomic E-state index is 0. The minimum Gasteiger partial charge on any atom is -0.382 e. The first kappa shape index (κ1) is 21.8. The summed E-state index contributed by atoms with van der Waals surface area (Å²) in [5.74, 6) is 0.0890. The molecule has 2 rings (SSSR count). The molecule has 2 N–H and O–H groups in total. The number of halogens is 2. The molecule has 1 aromatic carbocycles. The molecule has 1 aromatic rings. The summed E-state index contributed by atoms with van der Waals surface area (Å²) in [4.78, 5) is 12.2. The van der Waals surface area contributed by atoms with Gasteiger partial charge in [-0.05, 0) is 56.5 Å². The number of hydrogen-bond acceptors (Lipinski definition) is 4. The summed E-state index contributed by atoms with van der Waals surface area (Å²) in [6.45, 7) is 3.73. The van der Waals surface area contributed by atoms with Crippen molar-refractivity contribution < 1.29 is 18.7 Å². The Morgan fingerprint density at radius 3 is 2.96 bits per heavy atom. The second kappa shape index (κ2) is 12.2. The SMILES string of the molecule is COCCOCc1cc(C(=O)NCCC2CCCNC2)ccc1F.Cl. The Labute approximate surface area is 155 Å². The Kier molecular flexibility index (Phi) is 10.6. The van der Waals surface area contributed by atoms with Gasteiger partial charge in [-0.15, -0.1) is 12.4 Å². The first-order valence-electron chi connectivity index (χ1n) is 8.54. The zero-order valence-corrected chi connectivity index (χ0v) is 15.5. The Morgan fingerprint density at radius 1 is 1.40 bits per heavy atom. The maximum Gasteiger partial charge on any atom is 0.251 e. The van der Waals surface area contributed by atoms with Crippen LogP contribution in [0.2, 0.25) is 0 Å². The van der Waals surface area contributed by atoms with Gasteiger partial charge in [0.15, 0.2) is 0 Å². The highest BCUT2D eigenvalue weighted by Crippen LogP contribution is 2.14. The molecule has 0 spiro atoms. The fourth-order valence-electron chi connectivity index (χ4n) is 2.81. The highest BCUT2D eigenvalue weighted by atomic mass is 35.5. The molecule has 0 aliphatic carbocycles. The van der Waals surface area contributed by atoms with Crippen LogP contribution in [0.4, 0.5) is 4.39 Å². The first-order chi connectivity index (χ1) is 11.7. The number of rotatable bonds is 9. The third-order valence-corrected chi connectivity index (χ3v) is 4.23. The summed E-state index contributed by atoms with van der Waals surface area (Å²) in [7, 11) is 1.58. The lowest BCUT2D eigenvalue weighted by molar-refractivity contribution is 0.0604. The van der Waals surface area contributed by atoms with E-state index in [1.807, 2.05) is 0 Å². The van der Waals surface area contributed by atoms with Crippen molar-refractivity contribution in [3.63, 3.8) is 0 Å². The van der Waals surface area contributed by atoms with Gasteiger partial charge in [-0.25, -0.2) is 4.39 Å². The maximum atomic E-state index is 13.8. The van der Waals surface area contributed by atoms with Crippen molar-refractivity contribution >= 4 is 18.3 Å². The number of carbonyl (C=O) groups is 1. The number of hydrogen-bond donors (Lipinski definition) is 2. The molecule has 25 heavy (non-hydrogen) atoms. The van der Waals surface area contributed by atoms with Gasteiger partial charge in [0.25, 0.3) is 5.91 Å². The molecule has 0 aromatic heterocycles. The average molecular weight is 375 g/mol. The van der Waals surface area contributed by atoms with Crippen LogP contribution in [0.15, 0.2) is 18.2 Å². The monoisotopic (exact) mass is 374 g/mol. The molecule has 0 radical (unpaired) electrons. The fourth-order valence-corrected chi connectivity index (χ4v) is 2.81. The van der Waals surface area contributed by atoms with E-state index in [-0.39, 0.29) is 30.7 Å². The normalized spacial score (nSPS) is 17.0. The molecule has 0 bridgehead atoms. The molecule has 1 atom stereocenters. The molecule has 1 saturated heterocycles. The molecule has 1 amide bonds. The summed E-state index contributed by atoms with van der Waals surface area (Å²) in [6.07, 6.45) is 3.37. The van der Waals surface area contributed by atoms with Gasteiger partial charge in [-0.1, -0.05) is 0 Å². The summed E-state index contributed by atoms with van der Waals surface area (Å²) >= 11 is 0. The van der Waals surface area contributed by atoms with Crippen LogP contribution in [0.25, 0.3) is 0 Å². The number of nitrogens with one attached hydrogen (secondary N) is 2. The molecule has 5 nitrogen and oxygen atoms in total. The molecule has 1 heterocycles. The first-order valence-corrected chi connectivity index (χ1v) is 8.54. The van der Waals surface area contributed by atoms with E-state index in [2.05, 4.69) is 10.6 Å². The van der Waals surface area contributed by atoms with Crippen LogP contribution in [0.1, 0.15) is 35.2 Å². The molecule has 1 fully saturated rings. The van der Waals surface area contributed by atoms with Crippen molar-refractivity contribution in [2.45, 2.75) is 25.9 Å². The molecule has 1 unspecified atom stereocenters. The number of carbonyl (C=O) groups excluding carboxylic acids is 1. The Balaban J connectivity index is 0.00000312. The van der Waals surface area contributed by atoms with E-state index in [0.29, 0.717) is 36.8 Å². The molecule has 1 aliphatic rings. The van der Waals surface area contributed by atoms with E-state index >= 15 is 0 Å². The lowest BCUT2D eigenvalue weighted by Gasteiger charge is -2.22. The van der Waals surface area contributed by atoms with E-state index < -0.39 is 0 Å². The van der Waals surface area contributed by atoms with Gasteiger partial charge in [0.2, 0.25) is 0 Å². The molecule has 1 aliphatic heterocycles. The number of amides is 1. The van der Waals surface area contributed by atoms with Crippen molar-refractivity contribution in [3.8, 4) is 0 Å². The van der Waals surface area contributed by atoms with Crippen LogP contribution in [-0.4, -0.2) is 45.9 Å². The number of methoxy groups -OCH3 is 1. The number of piperidine rings is 1. The smallest absolute Gasteiger partial charge is 0.251 e. The zero-order chi connectivity index (χ0) is 17.2. The predicted molar refractivity (Wildman–Crippen MR) is 97.7 cm³/mol. The predicted octanol–water partition coefficient (Wildman–Crippen LogP) is 2.53. The van der Waals surface area contributed by atoms with E-state index in [1.54, 1.807) is 13.2 Å². The van der Waals surface area contributed by atoms with Crippen molar-refractivity contribution in [2.75, 3.05) is 40.0 Å². The highest BCUT2D eigenvalue weighted by molar-refractivity contribution is 5.94. The van der Waals surface area contributed by atoms with Gasteiger partial charge in [-0.3, -0.25) is 4.79 Å². The minimum atomic E-state index is -0.364. The third-order valence-electron chi connectivity index (χ3n) is 4.23. The quantitative estimate of drug-likeness (QED) is 0.652. The lowest BCUT2D eigenvalue weighted by Crippen LogP contribution is -2.33. The van der Waals surface area contributed by atoms with E-state index in [0.717, 1.165) is 19.5 Å². The molecule has 7 heteroatoms. The van der Waals surface area contributed by atoms with Crippen molar-refractivity contribution in [1.82, 2.24) is 10.6 Å². The fraction of sp³-hybridized carbons (Fsp3) is 0.611. The zero-order valence-electron chi connectivity index (χ0n) is 14.7. The standard InChI is InChI=1S/C18H27FN2O3.ClH/c1-23-9-10-24-13-16-11-15(4-5-17(16)19)18(22)21-8-6-14-3-2-7-20-12-14;/h4-5,11,14,20H,2-3,6-10,12-13H2,1H3,(H,21,22);1H. The largest absolute Gasteiger partial charge is 0.382 e. The molecule has 142 valence electrons. The summed E-state index contributed by atoms with van der Waals surface area (Å²) in [5.41, 5.74) is 0.846. The summed E-state index contributed by atoms with van der Waals surface area (Å²) < 4.78 is 24.0. The van der Waals surface area contributed by atoms with Crippen LogP contribution < -0.4 is 10.6 Å². The van der Waals surface area contributed by atoms with Crippen LogP contribution in [0.3, 0.4) is 0 Å². The average Bonchev–Trinajstić information content (AvgIpc) is 2.61. The topological polar surface area (TPSA) is 59.6 Å². The van der Waals surface area contributed by atoms with Gasteiger partial charge in [-0.2, -0.15) is 0 Å². The summed E-state index contributed by atoms with van der Waals surface area (Å²) in [6, 6.07) is 4.38.